The molecule has 7 nitrogen and oxygen atoms in total. The number of rotatable bonds is 6. The minimum atomic E-state index is -1.04. The van der Waals surface area contributed by atoms with Gasteiger partial charge in [0.05, 0.1) is 6.20 Å². The molecule has 2 heterocycles. The van der Waals surface area contributed by atoms with E-state index >= 15 is 0 Å². The summed E-state index contributed by atoms with van der Waals surface area (Å²) in [6, 6.07) is 4.00. The lowest BCUT2D eigenvalue weighted by atomic mass is 9.91. The molecule has 0 atom stereocenters. The number of aliphatic carboxylic acids is 1. The summed E-state index contributed by atoms with van der Waals surface area (Å²) in [6.07, 6.45) is 1.32. The second-order valence-electron chi connectivity index (χ2n) is 5.24. The van der Waals surface area contributed by atoms with Crippen LogP contribution in [0.2, 0.25) is 0 Å². The zero-order valence-corrected chi connectivity index (χ0v) is 12.6. The Balaban J connectivity index is 1.95. The third-order valence-electron chi connectivity index (χ3n) is 2.95. The van der Waals surface area contributed by atoms with E-state index in [4.69, 9.17) is 5.11 Å². The van der Waals surface area contributed by atoms with Crippen molar-refractivity contribution in [2.75, 3.05) is 6.54 Å². The van der Waals surface area contributed by atoms with Crippen LogP contribution in [0.15, 0.2) is 23.7 Å². The maximum atomic E-state index is 12.0. The zero-order chi connectivity index (χ0) is 15.5. The lowest BCUT2D eigenvalue weighted by molar-refractivity contribution is -0.137. The molecule has 0 spiro atoms. The van der Waals surface area contributed by atoms with Gasteiger partial charge in [0.25, 0.3) is 5.91 Å². The summed E-state index contributed by atoms with van der Waals surface area (Å²) < 4.78 is 1.11. The number of carboxylic acid groups (broad SMARTS) is 1. The Labute approximate surface area is 125 Å². The molecular formula is C13H16N4O3S. The van der Waals surface area contributed by atoms with Crippen LogP contribution in [-0.4, -0.2) is 38.5 Å². The Morgan fingerprint density at radius 1 is 1.48 bits per heavy atom. The number of hydrogen-bond donors (Lipinski definition) is 2. The fraction of sp³-hybridized carbons (Fsp3) is 0.385. The van der Waals surface area contributed by atoms with E-state index in [9.17, 15) is 9.59 Å². The van der Waals surface area contributed by atoms with Crippen molar-refractivity contribution in [3.8, 4) is 0 Å². The average molecular weight is 308 g/mol. The molecule has 1 amide bonds. The highest BCUT2D eigenvalue weighted by Crippen LogP contribution is 2.26. The van der Waals surface area contributed by atoms with Crippen molar-refractivity contribution in [2.24, 2.45) is 0 Å². The number of carbonyl (C=O) groups excluding carboxylic acids is 1. The summed E-state index contributed by atoms with van der Waals surface area (Å²) >= 11 is 1.64. The molecule has 2 N–H and O–H groups in total. The normalized spacial score (nSPS) is 11.3. The van der Waals surface area contributed by atoms with Crippen molar-refractivity contribution in [2.45, 2.75) is 25.8 Å². The highest BCUT2D eigenvalue weighted by molar-refractivity contribution is 7.10. The summed E-state index contributed by atoms with van der Waals surface area (Å²) in [5.41, 5.74) is -0.0702. The van der Waals surface area contributed by atoms with Gasteiger partial charge in [-0.1, -0.05) is 25.1 Å². The zero-order valence-electron chi connectivity index (χ0n) is 11.7. The lowest BCUT2D eigenvalue weighted by Crippen LogP contribution is -2.36. The number of nitrogens with zero attached hydrogens (tertiary/aromatic N) is 3. The van der Waals surface area contributed by atoms with Crippen molar-refractivity contribution in [1.29, 1.82) is 0 Å². The fourth-order valence-electron chi connectivity index (χ4n) is 1.76. The number of hydrogen-bond acceptors (Lipinski definition) is 5. The van der Waals surface area contributed by atoms with Gasteiger partial charge in [-0.05, 0) is 11.4 Å². The van der Waals surface area contributed by atoms with Crippen LogP contribution in [0.1, 0.15) is 29.2 Å². The number of amides is 1. The van der Waals surface area contributed by atoms with Crippen molar-refractivity contribution in [1.82, 2.24) is 20.3 Å². The topological polar surface area (TPSA) is 97.1 Å². The minimum Gasteiger partial charge on any atom is -0.480 e. The fourth-order valence-corrected chi connectivity index (χ4v) is 2.61. The van der Waals surface area contributed by atoms with E-state index in [1.54, 1.807) is 11.3 Å². The van der Waals surface area contributed by atoms with Gasteiger partial charge in [-0.3, -0.25) is 9.59 Å². The largest absolute Gasteiger partial charge is 0.480 e. The summed E-state index contributed by atoms with van der Waals surface area (Å²) in [5.74, 6) is -1.40. The maximum absolute atomic E-state index is 12.0. The molecule has 112 valence electrons. The van der Waals surface area contributed by atoms with E-state index in [2.05, 4.69) is 15.6 Å². The first-order chi connectivity index (χ1) is 9.88. The first-order valence-electron chi connectivity index (χ1n) is 6.32. The van der Waals surface area contributed by atoms with E-state index in [1.807, 2.05) is 31.4 Å². The van der Waals surface area contributed by atoms with Crippen molar-refractivity contribution in [3.05, 3.63) is 34.3 Å². The van der Waals surface area contributed by atoms with Gasteiger partial charge in [0.15, 0.2) is 5.69 Å². The van der Waals surface area contributed by atoms with E-state index in [0.717, 1.165) is 4.68 Å². The highest BCUT2D eigenvalue weighted by Gasteiger charge is 2.23. The Hall–Kier alpha value is -2.22. The van der Waals surface area contributed by atoms with E-state index in [1.165, 1.54) is 11.1 Å². The quantitative estimate of drug-likeness (QED) is 0.834. The van der Waals surface area contributed by atoms with E-state index in [-0.39, 0.29) is 23.6 Å². The Bertz CT molecular complexity index is 634. The summed E-state index contributed by atoms with van der Waals surface area (Å²) in [4.78, 5) is 23.7. The Morgan fingerprint density at radius 2 is 2.24 bits per heavy atom. The molecule has 2 aromatic rings. The van der Waals surface area contributed by atoms with Crippen LogP contribution in [0, 0.1) is 0 Å². The molecule has 0 saturated carbocycles. The molecular weight excluding hydrogens is 292 g/mol. The number of aromatic nitrogens is 3. The van der Waals surface area contributed by atoms with Gasteiger partial charge in [-0.25, -0.2) is 4.68 Å². The molecule has 0 unspecified atom stereocenters. The molecule has 2 rings (SSSR count). The molecule has 21 heavy (non-hydrogen) atoms. The van der Waals surface area contributed by atoms with Gasteiger partial charge in [0.1, 0.15) is 6.54 Å². The smallest absolute Gasteiger partial charge is 0.325 e. The second kappa shape index (κ2) is 6.04. The molecule has 0 aromatic carbocycles. The number of carbonyl (C=O) groups is 2. The molecule has 8 heteroatoms. The van der Waals surface area contributed by atoms with Crippen LogP contribution >= 0.6 is 11.3 Å². The summed E-state index contributed by atoms with van der Waals surface area (Å²) in [5, 5.41) is 20.7. The van der Waals surface area contributed by atoms with Crippen molar-refractivity contribution >= 4 is 23.2 Å². The van der Waals surface area contributed by atoms with Gasteiger partial charge < -0.3 is 10.4 Å². The minimum absolute atomic E-state index is 0.109. The molecule has 0 saturated heterocycles. The Morgan fingerprint density at radius 3 is 2.86 bits per heavy atom. The first-order valence-corrected chi connectivity index (χ1v) is 7.20. The third-order valence-corrected chi connectivity index (χ3v) is 4.18. The van der Waals surface area contributed by atoms with Crippen molar-refractivity contribution in [3.63, 3.8) is 0 Å². The molecule has 0 radical (unpaired) electrons. The van der Waals surface area contributed by atoms with Crippen LogP contribution in [0.25, 0.3) is 0 Å². The number of thiophene rings is 1. The lowest BCUT2D eigenvalue weighted by Gasteiger charge is -2.23. The SMILES string of the molecule is CC(C)(CNC(=O)c1cn(CC(=O)O)nn1)c1cccs1. The van der Waals surface area contributed by atoms with E-state index in [0.29, 0.717) is 6.54 Å². The molecule has 0 aliphatic carbocycles. The molecule has 0 aliphatic rings. The van der Waals surface area contributed by atoms with Gasteiger partial charge in [-0.2, -0.15) is 0 Å². The van der Waals surface area contributed by atoms with Crippen LogP contribution in [-0.2, 0) is 16.8 Å². The third kappa shape index (κ3) is 3.88. The van der Waals surface area contributed by atoms with Crippen LogP contribution < -0.4 is 5.32 Å². The Kier molecular flexibility index (Phi) is 4.37. The van der Waals surface area contributed by atoms with Gasteiger partial charge in [0.2, 0.25) is 0 Å². The van der Waals surface area contributed by atoms with Gasteiger partial charge in [0, 0.05) is 16.8 Å². The highest BCUT2D eigenvalue weighted by atomic mass is 32.1. The van der Waals surface area contributed by atoms with E-state index < -0.39 is 5.97 Å². The molecule has 0 fully saturated rings. The molecule has 0 aliphatic heterocycles. The standard InChI is InChI=1S/C13H16N4O3S/c1-13(2,10-4-3-5-21-10)8-14-12(20)9-6-17(16-15-9)7-11(18)19/h3-6H,7-8H2,1-2H3,(H,14,20)(H,18,19). The van der Waals surface area contributed by atoms with Crippen LogP contribution in [0.3, 0.4) is 0 Å². The van der Waals surface area contributed by atoms with Crippen molar-refractivity contribution < 1.29 is 14.7 Å². The van der Waals surface area contributed by atoms with Gasteiger partial charge >= 0.3 is 5.97 Å². The number of carboxylic acids is 1. The summed E-state index contributed by atoms with van der Waals surface area (Å²) in [7, 11) is 0. The average Bonchev–Trinajstić information content (AvgIpc) is 3.06. The summed E-state index contributed by atoms with van der Waals surface area (Å²) in [6.45, 7) is 4.22. The van der Waals surface area contributed by atoms with Crippen LogP contribution in [0.4, 0.5) is 0 Å². The molecule has 2 aromatic heterocycles. The monoisotopic (exact) mass is 308 g/mol. The van der Waals surface area contributed by atoms with Crippen LogP contribution in [0.5, 0.6) is 0 Å². The first kappa shape index (κ1) is 15.2. The number of nitrogens with one attached hydrogen (secondary N) is 1. The second-order valence-corrected chi connectivity index (χ2v) is 6.19. The molecule has 0 bridgehead atoms. The van der Waals surface area contributed by atoms with Gasteiger partial charge in [-0.15, -0.1) is 16.4 Å². The predicted molar refractivity (Wildman–Crippen MR) is 77.3 cm³/mol. The maximum Gasteiger partial charge on any atom is 0.325 e. The predicted octanol–water partition coefficient (Wildman–Crippen LogP) is 1.13.